The van der Waals surface area contributed by atoms with Crippen LogP contribution in [-0.4, -0.2) is 73.1 Å². The minimum Gasteiger partial charge on any atom is -0.489 e. The highest BCUT2D eigenvalue weighted by Gasteiger charge is 2.16. The predicted molar refractivity (Wildman–Crippen MR) is 145 cm³/mol. The molecule has 0 spiro atoms. The summed E-state index contributed by atoms with van der Waals surface area (Å²) in [6.45, 7) is 8.81. The van der Waals surface area contributed by atoms with Crippen molar-refractivity contribution in [3.63, 3.8) is 0 Å². The number of aryl methyl sites for hydroxylation is 1. The molecule has 0 saturated heterocycles. The van der Waals surface area contributed by atoms with Crippen molar-refractivity contribution in [1.82, 2.24) is 0 Å². The predicted octanol–water partition coefficient (Wildman–Crippen LogP) is 4.27. The summed E-state index contributed by atoms with van der Waals surface area (Å²) in [5.41, 5.74) is 3.39. The number of aromatic nitrogens is 1. The number of fused-ring (bicyclic) bond motifs is 2. The van der Waals surface area contributed by atoms with Gasteiger partial charge in [-0.15, -0.1) is 0 Å². The van der Waals surface area contributed by atoms with Gasteiger partial charge in [-0.2, -0.15) is 4.57 Å². The first kappa shape index (κ1) is 26.6. The lowest BCUT2D eigenvalue weighted by Gasteiger charge is -2.23. The summed E-state index contributed by atoms with van der Waals surface area (Å²) in [5.74, 6) is 0.837. The summed E-state index contributed by atoms with van der Waals surface area (Å²) in [6.07, 6.45) is 4.35. The Labute approximate surface area is 217 Å². The van der Waals surface area contributed by atoms with Crippen LogP contribution in [0.3, 0.4) is 0 Å². The van der Waals surface area contributed by atoms with E-state index in [1.54, 1.807) is 0 Å². The van der Waals surface area contributed by atoms with Crippen LogP contribution in [0.15, 0.2) is 42.5 Å². The van der Waals surface area contributed by atoms with Gasteiger partial charge in [-0.1, -0.05) is 29.5 Å². The van der Waals surface area contributed by atoms with E-state index in [0.29, 0.717) is 59.5 Å². The summed E-state index contributed by atoms with van der Waals surface area (Å²) < 4.78 is 32.3. The van der Waals surface area contributed by atoms with Gasteiger partial charge in [0.1, 0.15) is 23.6 Å². The van der Waals surface area contributed by atoms with E-state index in [1.807, 2.05) is 11.3 Å². The van der Waals surface area contributed by atoms with Gasteiger partial charge < -0.3 is 28.6 Å². The molecular formula is C28H37N2O5S+. The van der Waals surface area contributed by atoms with Gasteiger partial charge in [0.15, 0.2) is 0 Å². The number of hydrogen-bond donors (Lipinski definition) is 0. The number of rotatable bonds is 3. The maximum Gasteiger partial charge on any atom is 0.262 e. The monoisotopic (exact) mass is 513 g/mol. The molecule has 1 aromatic heterocycles. The fourth-order valence-electron chi connectivity index (χ4n) is 4.03. The second-order valence-corrected chi connectivity index (χ2v) is 9.49. The average Bonchev–Trinajstić information content (AvgIpc) is 3.26. The fraction of sp³-hybridized carbons (Fsp3) is 0.464. The van der Waals surface area contributed by atoms with E-state index >= 15 is 0 Å². The lowest BCUT2D eigenvalue weighted by atomic mass is 10.1. The Kier molecular flexibility index (Phi) is 10.6. The van der Waals surface area contributed by atoms with Crippen molar-refractivity contribution >= 4 is 39.4 Å². The van der Waals surface area contributed by atoms with Crippen molar-refractivity contribution in [3.8, 4) is 5.75 Å². The van der Waals surface area contributed by atoms with Crippen molar-refractivity contribution in [2.24, 2.45) is 0 Å². The Morgan fingerprint density at radius 2 is 1.50 bits per heavy atom. The average molecular weight is 514 g/mol. The van der Waals surface area contributed by atoms with Gasteiger partial charge >= 0.3 is 0 Å². The molecular weight excluding hydrogens is 476 g/mol. The van der Waals surface area contributed by atoms with E-state index in [-0.39, 0.29) is 0 Å². The number of benzene rings is 2. The maximum absolute atomic E-state index is 6.18. The highest BCUT2D eigenvalue weighted by atomic mass is 32.1. The zero-order valence-corrected chi connectivity index (χ0v) is 22.1. The van der Waals surface area contributed by atoms with E-state index in [9.17, 15) is 0 Å². The normalized spacial score (nSPS) is 17.4. The zero-order valence-electron chi connectivity index (χ0n) is 21.3. The molecule has 7 nitrogen and oxygen atoms in total. The second-order valence-electron chi connectivity index (χ2n) is 8.43. The Hall–Kier alpha value is -2.49. The molecule has 3 aromatic rings. The number of thiazole rings is 1. The standard InChI is InChI=1S/C28H37N2O5S/c1-3-30-25-6-4-5-7-27(25)36-28(30)11-9-23-8-10-24-26(22-23)35-21-20-34-19-18-33-17-16-32-15-14-31-13-12-29(24)2/h4-11,22H,3,12-21H2,1-2H3/q+1. The lowest BCUT2D eigenvalue weighted by molar-refractivity contribution is -0.665. The maximum atomic E-state index is 6.18. The van der Waals surface area contributed by atoms with E-state index in [0.717, 1.165) is 30.1 Å². The minimum absolute atomic E-state index is 0.472. The second kappa shape index (κ2) is 14.3. The van der Waals surface area contributed by atoms with Crippen molar-refractivity contribution < 1.29 is 28.3 Å². The molecule has 0 N–H and O–H groups in total. The summed E-state index contributed by atoms with van der Waals surface area (Å²) in [5, 5.41) is 1.23. The zero-order chi connectivity index (χ0) is 25.0. The highest BCUT2D eigenvalue weighted by molar-refractivity contribution is 7.18. The van der Waals surface area contributed by atoms with Gasteiger partial charge in [-0.05, 0) is 36.8 Å². The third kappa shape index (κ3) is 7.51. The van der Waals surface area contributed by atoms with Crippen LogP contribution in [0.4, 0.5) is 5.69 Å². The summed E-state index contributed by atoms with van der Waals surface area (Å²) in [4.78, 5) is 2.17. The molecule has 1 aliphatic heterocycles. The van der Waals surface area contributed by atoms with Crippen molar-refractivity contribution in [1.29, 1.82) is 0 Å². The lowest BCUT2D eigenvalue weighted by Crippen LogP contribution is -2.33. The topological polar surface area (TPSA) is 53.3 Å². The molecule has 0 fully saturated rings. The van der Waals surface area contributed by atoms with Crippen LogP contribution in [0, 0.1) is 0 Å². The molecule has 2 heterocycles. The first-order chi connectivity index (χ1) is 17.8. The molecule has 8 heteroatoms. The molecule has 0 aliphatic carbocycles. The number of anilines is 1. The quantitative estimate of drug-likeness (QED) is 0.488. The molecule has 1 aliphatic rings. The van der Waals surface area contributed by atoms with E-state index in [2.05, 4.69) is 78.1 Å². The van der Waals surface area contributed by atoms with Crippen LogP contribution < -0.4 is 14.2 Å². The molecule has 194 valence electrons. The smallest absolute Gasteiger partial charge is 0.262 e. The van der Waals surface area contributed by atoms with Gasteiger partial charge in [-0.3, -0.25) is 0 Å². The first-order valence-corrected chi connectivity index (χ1v) is 13.5. The number of ether oxygens (including phenoxy) is 5. The molecule has 0 radical (unpaired) electrons. The van der Waals surface area contributed by atoms with Crippen molar-refractivity contribution in [2.75, 3.05) is 78.0 Å². The van der Waals surface area contributed by atoms with Crippen LogP contribution in [0.25, 0.3) is 22.4 Å². The van der Waals surface area contributed by atoms with Crippen molar-refractivity contribution in [2.45, 2.75) is 13.5 Å². The van der Waals surface area contributed by atoms with E-state index in [4.69, 9.17) is 23.7 Å². The molecule has 0 bridgehead atoms. The van der Waals surface area contributed by atoms with Crippen LogP contribution in [0.1, 0.15) is 17.5 Å². The van der Waals surface area contributed by atoms with E-state index in [1.165, 1.54) is 15.2 Å². The first-order valence-electron chi connectivity index (χ1n) is 12.6. The third-order valence-corrected chi connectivity index (χ3v) is 7.07. The minimum atomic E-state index is 0.472. The van der Waals surface area contributed by atoms with Gasteiger partial charge in [0.2, 0.25) is 5.52 Å². The number of para-hydroxylation sites is 1. The molecule has 4 rings (SSSR count). The van der Waals surface area contributed by atoms with Crippen LogP contribution in [-0.2, 0) is 25.5 Å². The Morgan fingerprint density at radius 1 is 0.833 bits per heavy atom. The van der Waals surface area contributed by atoms with Crippen LogP contribution >= 0.6 is 11.3 Å². The Morgan fingerprint density at radius 3 is 2.22 bits per heavy atom. The molecule has 36 heavy (non-hydrogen) atoms. The molecule has 2 aromatic carbocycles. The summed E-state index contributed by atoms with van der Waals surface area (Å²) in [7, 11) is 2.06. The SMILES string of the molecule is CC[n+]1c(/C=C/c2ccc3c(c2)OCCOCCOCCOCCOCCN3C)sc2ccccc21. The molecule has 0 saturated carbocycles. The fourth-order valence-corrected chi connectivity index (χ4v) is 5.16. The number of hydrogen-bond acceptors (Lipinski definition) is 7. The van der Waals surface area contributed by atoms with Gasteiger partial charge in [0.25, 0.3) is 5.01 Å². The Balaban J connectivity index is 1.49. The largest absolute Gasteiger partial charge is 0.489 e. The number of likely N-dealkylation sites (N-methyl/N-ethyl adjacent to an activating group) is 1. The van der Waals surface area contributed by atoms with Crippen molar-refractivity contribution in [3.05, 3.63) is 53.0 Å². The van der Waals surface area contributed by atoms with Gasteiger partial charge in [-0.25, -0.2) is 0 Å². The third-order valence-electron chi connectivity index (χ3n) is 5.94. The highest BCUT2D eigenvalue weighted by Crippen LogP contribution is 2.30. The number of nitrogens with zero attached hydrogens (tertiary/aromatic N) is 2. The summed E-state index contributed by atoms with van der Waals surface area (Å²) >= 11 is 1.81. The van der Waals surface area contributed by atoms with Gasteiger partial charge in [0.05, 0.1) is 58.5 Å². The van der Waals surface area contributed by atoms with Gasteiger partial charge in [0, 0.05) is 25.7 Å². The molecule has 0 amide bonds. The Bertz CT molecular complexity index is 1120. The van der Waals surface area contributed by atoms with Crippen LogP contribution in [0.5, 0.6) is 5.75 Å². The molecule has 0 unspecified atom stereocenters. The van der Waals surface area contributed by atoms with E-state index < -0.39 is 0 Å². The summed E-state index contributed by atoms with van der Waals surface area (Å²) in [6, 6.07) is 14.9. The molecule has 0 atom stereocenters. The van der Waals surface area contributed by atoms with Crippen LogP contribution in [0.2, 0.25) is 0 Å².